The fourth-order valence-corrected chi connectivity index (χ4v) is 4.27. The molecule has 0 aromatic carbocycles. The quantitative estimate of drug-likeness (QED) is 0.877. The first-order chi connectivity index (χ1) is 13.2. The van der Waals surface area contributed by atoms with E-state index in [-0.39, 0.29) is 17.2 Å². The van der Waals surface area contributed by atoms with E-state index in [0.717, 1.165) is 37.9 Å². The number of nitrogens with zero attached hydrogens (tertiary/aromatic N) is 5. The molecule has 2 aromatic rings. The van der Waals surface area contributed by atoms with Crippen molar-refractivity contribution < 1.29 is 9.59 Å². The van der Waals surface area contributed by atoms with Gasteiger partial charge in [-0.05, 0) is 19.3 Å². The van der Waals surface area contributed by atoms with Gasteiger partial charge in [-0.2, -0.15) is 0 Å². The number of likely N-dealkylation sites (tertiary alicyclic amines) is 2. The van der Waals surface area contributed by atoms with Crippen molar-refractivity contribution in [2.75, 3.05) is 26.2 Å². The molecule has 1 N–H and O–H groups in total. The second-order valence-electron chi connectivity index (χ2n) is 7.56. The number of amides is 2. The normalized spacial score (nSPS) is 23.0. The predicted molar refractivity (Wildman–Crippen MR) is 97.7 cm³/mol. The Bertz CT molecular complexity index is 794. The summed E-state index contributed by atoms with van der Waals surface area (Å²) in [5.74, 6) is 0.139. The lowest BCUT2D eigenvalue weighted by Gasteiger charge is -2.48. The number of aromatic amines is 1. The van der Waals surface area contributed by atoms with Gasteiger partial charge >= 0.3 is 0 Å². The van der Waals surface area contributed by atoms with Crippen molar-refractivity contribution in [3.63, 3.8) is 0 Å². The predicted octanol–water partition coefficient (Wildman–Crippen LogP) is 1.29. The Morgan fingerprint density at radius 2 is 2.11 bits per heavy atom. The first kappa shape index (κ1) is 17.6. The Hall–Kier alpha value is -2.77. The van der Waals surface area contributed by atoms with Gasteiger partial charge in [-0.1, -0.05) is 0 Å². The molecule has 1 spiro atoms. The van der Waals surface area contributed by atoms with Gasteiger partial charge in [0, 0.05) is 68.7 Å². The summed E-state index contributed by atoms with van der Waals surface area (Å²) < 4.78 is 0. The molecule has 27 heavy (non-hydrogen) atoms. The van der Waals surface area contributed by atoms with Gasteiger partial charge in [-0.25, -0.2) is 9.97 Å². The van der Waals surface area contributed by atoms with Crippen LogP contribution in [0.1, 0.15) is 41.9 Å². The van der Waals surface area contributed by atoms with E-state index in [1.807, 2.05) is 9.80 Å². The topological polar surface area (TPSA) is 95.1 Å². The summed E-state index contributed by atoms with van der Waals surface area (Å²) in [6.45, 7) is 2.81. The standard InChI is InChI=1S/C19H24N6O2/c26-17-2-5-19(12-24(17)9-3-15-10-21-14-23-15)4-1-8-25(13-19)18(27)16-11-20-6-7-22-16/h6-7,10-11,14H,1-5,8-9,12-13H2,(H,21,23)/t19-/m1/s1. The second-order valence-corrected chi connectivity index (χ2v) is 7.56. The summed E-state index contributed by atoms with van der Waals surface area (Å²) in [6.07, 6.45) is 12.3. The van der Waals surface area contributed by atoms with Crippen LogP contribution in [0, 0.1) is 5.41 Å². The van der Waals surface area contributed by atoms with Crippen LogP contribution in [0.4, 0.5) is 0 Å². The summed E-state index contributed by atoms with van der Waals surface area (Å²) in [5.41, 5.74) is 1.40. The molecule has 0 aliphatic carbocycles. The number of piperidine rings is 2. The van der Waals surface area contributed by atoms with E-state index < -0.39 is 0 Å². The SMILES string of the molecule is O=C1CC[C@]2(CCCN(C(=O)c3cnccn3)C2)CN1CCc1cnc[nH]1. The van der Waals surface area contributed by atoms with E-state index in [1.54, 1.807) is 24.9 Å². The Morgan fingerprint density at radius 1 is 1.19 bits per heavy atom. The number of hydrogen-bond acceptors (Lipinski definition) is 5. The van der Waals surface area contributed by atoms with E-state index in [4.69, 9.17) is 0 Å². The first-order valence-electron chi connectivity index (χ1n) is 9.46. The highest BCUT2D eigenvalue weighted by Gasteiger charge is 2.42. The second kappa shape index (κ2) is 7.46. The first-order valence-corrected chi connectivity index (χ1v) is 9.46. The van der Waals surface area contributed by atoms with E-state index in [1.165, 1.54) is 6.20 Å². The summed E-state index contributed by atoms with van der Waals surface area (Å²) >= 11 is 0. The van der Waals surface area contributed by atoms with Crippen LogP contribution in [0.2, 0.25) is 0 Å². The molecule has 2 fully saturated rings. The Morgan fingerprint density at radius 3 is 2.89 bits per heavy atom. The smallest absolute Gasteiger partial charge is 0.274 e. The molecule has 2 aliphatic rings. The number of carbonyl (C=O) groups excluding carboxylic acids is 2. The van der Waals surface area contributed by atoms with Crippen LogP contribution >= 0.6 is 0 Å². The van der Waals surface area contributed by atoms with Gasteiger partial charge in [0.05, 0.1) is 12.5 Å². The average Bonchev–Trinajstić information content (AvgIpc) is 3.23. The maximum Gasteiger partial charge on any atom is 0.274 e. The number of H-pyrrole nitrogens is 1. The molecular formula is C19H24N6O2. The van der Waals surface area contributed by atoms with E-state index in [9.17, 15) is 9.59 Å². The lowest BCUT2D eigenvalue weighted by atomic mass is 9.73. The summed E-state index contributed by atoms with van der Waals surface area (Å²) in [6, 6.07) is 0. The third-order valence-electron chi connectivity index (χ3n) is 5.68. The van der Waals surface area contributed by atoms with E-state index in [0.29, 0.717) is 31.7 Å². The molecule has 2 saturated heterocycles. The Balaban J connectivity index is 1.43. The highest BCUT2D eigenvalue weighted by Crippen LogP contribution is 2.39. The number of rotatable bonds is 4. The van der Waals surface area contributed by atoms with Crippen molar-refractivity contribution >= 4 is 11.8 Å². The van der Waals surface area contributed by atoms with E-state index >= 15 is 0 Å². The molecular weight excluding hydrogens is 344 g/mol. The molecule has 0 unspecified atom stereocenters. The van der Waals surface area contributed by atoms with Gasteiger partial charge in [-0.15, -0.1) is 0 Å². The maximum atomic E-state index is 12.8. The third kappa shape index (κ3) is 3.84. The van der Waals surface area contributed by atoms with Gasteiger partial charge in [0.15, 0.2) is 0 Å². The lowest BCUT2D eigenvalue weighted by Crippen LogP contribution is -2.55. The van der Waals surface area contributed by atoms with Crippen molar-refractivity contribution in [1.29, 1.82) is 0 Å². The fraction of sp³-hybridized carbons (Fsp3) is 0.526. The molecule has 2 amide bonds. The van der Waals surface area contributed by atoms with Crippen LogP contribution in [-0.4, -0.2) is 67.7 Å². The zero-order valence-electron chi connectivity index (χ0n) is 15.3. The highest BCUT2D eigenvalue weighted by atomic mass is 16.2. The van der Waals surface area contributed by atoms with Gasteiger partial charge in [0.25, 0.3) is 5.91 Å². The van der Waals surface area contributed by atoms with Gasteiger partial charge in [0.1, 0.15) is 5.69 Å². The fourth-order valence-electron chi connectivity index (χ4n) is 4.27. The number of imidazole rings is 1. The van der Waals surface area contributed by atoms with Crippen LogP contribution in [0.15, 0.2) is 31.1 Å². The van der Waals surface area contributed by atoms with Crippen LogP contribution in [0.25, 0.3) is 0 Å². The maximum absolute atomic E-state index is 12.8. The average molecular weight is 368 g/mol. The zero-order chi connectivity index (χ0) is 18.7. The van der Waals surface area contributed by atoms with Crippen molar-refractivity contribution in [1.82, 2.24) is 29.7 Å². The number of hydrogen-bond donors (Lipinski definition) is 1. The van der Waals surface area contributed by atoms with Crippen molar-refractivity contribution in [2.45, 2.75) is 32.1 Å². The van der Waals surface area contributed by atoms with Crippen LogP contribution in [0.3, 0.4) is 0 Å². The third-order valence-corrected chi connectivity index (χ3v) is 5.68. The molecule has 4 rings (SSSR count). The van der Waals surface area contributed by atoms with Gasteiger partial charge in [-0.3, -0.25) is 14.6 Å². The Labute approximate surface area is 158 Å². The summed E-state index contributed by atoms with van der Waals surface area (Å²) in [5, 5.41) is 0. The van der Waals surface area contributed by atoms with E-state index in [2.05, 4.69) is 19.9 Å². The highest BCUT2D eigenvalue weighted by molar-refractivity contribution is 5.92. The van der Waals surface area contributed by atoms with Crippen molar-refractivity contribution in [3.8, 4) is 0 Å². The van der Waals surface area contributed by atoms with Crippen molar-refractivity contribution in [3.05, 3.63) is 42.5 Å². The minimum atomic E-state index is -0.0666. The molecule has 2 aromatic heterocycles. The van der Waals surface area contributed by atoms with Crippen LogP contribution in [0.5, 0.6) is 0 Å². The molecule has 142 valence electrons. The number of aromatic nitrogens is 4. The molecule has 8 nitrogen and oxygen atoms in total. The molecule has 0 radical (unpaired) electrons. The van der Waals surface area contributed by atoms with Crippen LogP contribution < -0.4 is 0 Å². The largest absolute Gasteiger partial charge is 0.348 e. The van der Waals surface area contributed by atoms with Crippen LogP contribution in [-0.2, 0) is 11.2 Å². The molecule has 1 atom stereocenters. The van der Waals surface area contributed by atoms with Crippen molar-refractivity contribution in [2.24, 2.45) is 5.41 Å². The summed E-state index contributed by atoms with van der Waals surface area (Å²) in [4.78, 5) is 44.3. The minimum absolute atomic E-state index is 0.0159. The van der Waals surface area contributed by atoms with Gasteiger partial charge < -0.3 is 14.8 Å². The molecule has 8 heteroatoms. The molecule has 0 bridgehead atoms. The molecule has 4 heterocycles. The number of carbonyl (C=O) groups is 2. The van der Waals surface area contributed by atoms with Gasteiger partial charge in [0.2, 0.25) is 5.91 Å². The molecule has 0 saturated carbocycles. The zero-order valence-corrected chi connectivity index (χ0v) is 15.3. The summed E-state index contributed by atoms with van der Waals surface area (Å²) in [7, 11) is 0. The minimum Gasteiger partial charge on any atom is -0.348 e. The lowest BCUT2D eigenvalue weighted by molar-refractivity contribution is -0.138. The number of nitrogens with one attached hydrogen (secondary N) is 1. The monoisotopic (exact) mass is 368 g/mol. The molecule has 2 aliphatic heterocycles. The Kier molecular flexibility index (Phi) is 4.87.